The molecule has 0 saturated carbocycles. The minimum absolute atomic E-state index is 0.119. The quantitative estimate of drug-likeness (QED) is 0.884. The lowest BCUT2D eigenvalue weighted by molar-refractivity contribution is 0.171. The summed E-state index contributed by atoms with van der Waals surface area (Å²) in [5, 5.41) is 0. The van der Waals surface area contributed by atoms with Gasteiger partial charge in [0, 0.05) is 23.4 Å². The van der Waals surface area contributed by atoms with Crippen molar-refractivity contribution in [3.05, 3.63) is 47.5 Å². The average molecular weight is 293 g/mol. The van der Waals surface area contributed by atoms with Gasteiger partial charge in [0.05, 0.1) is 0 Å². The maximum absolute atomic E-state index is 13.1. The number of nitrogen functional groups attached to an aromatic ring is 1. The Morgan fingerprint density at radius 2 is 1.71 bits per heavy atom. The van der Waals surface area contributed by atoms with Gasteiger partial charge in [-0.25, -0.2) is 8.78 Å². The standard InChI is InChI=1S/C15H13F2NO3/c16-11-2-1-10(6-12(11)17)21-8-9-5-14-15(7-13(9)18)20-4-3-19-14/h1-2,5-7H,3-4,8,18H2. The summed E-state index contributed by atoms with van der Waals surface area (Å²) in [5.41, 5.74) is 7.09. The molecule has 0 saturated heterocycles. The predicted molar refractivity (Wildman–Crippen MR) is 72.5 cm³/mol. The van der Waals surface area contributed by atoms with Crippen molar-refractivity contribution >= 4 is 5.69 Å². The highest BCUT2D eigenvalue weighted by molar-refractivity contribution is 5.58. The molecule has 4 nitrogen and oxygen atoms in total. The number of rotatable bonds is 3. The highest BCUT2D eigenvalue weighted by atomic mass is 19.2. The zero-order valence-corrected chi connectivity index (χ0v) is 11.1. The fourth-order valence-corrected chi connectivity index (χ4v) is 2.00. The lowest BCUT2D eigenvalue weighted by atomic mass is 10.1. The van der Waals surface area contributed by atoms with Crippen LogP contribution in [0.2, 0.25) is 0 Å². The molecule has 0 atom stereocenters. The first kappa shape index (κ1) is 13.5. The number of fused-ring (bicyclic) bond motifs is 1. The summed E-state index contributed by atoms with van der Waals surface area (Å²) in [5.74, 6) is -0.457. The van der Waals surface area contributed by atoms with Crippen LogP contribution < -0.4 is 19.9 Å². The second-order valence-corrected chi connectivity index (χ2v) is 4.56. The van der Waals surface area contributed by atoms with Gasteiger partial charge in [-0.1, -0.05) is 0 Å². The van der Waals surface area contributed by atoms with Gasteiger partial charge in [0.15, 0.2) is 23.1 Å². The number of anilines is 1. The van der Waals surface area contributed by atoms with Gasteiger partial charge in [0.25, 0.3) is 0 Å². The van der Waals surface area contributed by atoms with E-state index >= 15 is 0 Å². The molecular weight excluding hydrogens is 280 g/mol. The van der Waals surface area contributed by atoms with Gasteiger partial charge in [0.1, 0.15) is 25.6 Å². The van der Waals surface area contributed by atoms with Crippen LogP contribution in [-0.2, 0) is 6.61 Å². The molecule has 2 aromatic rings. The molecule has 110 valence electrons. The van der Waals surface area contributed by atoms with E-state index in [0.29, 0.717) is 36.0 Å². The molecule has 2 aromatic carbocycles. The Hall–Kier alpha value is -2.50. The number of halogens is 2. The second kappa shape index (κ2) is 5.47. The monoisotopic (exact) mass is 293 g/mol. The molecule has 0 aliphatic carbocycles. The van der Waals surface area contributed by atoms with E-state index < -0.39 is 11.6 Å². The molecule has 0 bridgehead atoms. The molecule has 0 radical (unpaired) electrons. The van der Waals surface area contributed by atoms with Gasteiger partial charge in [-0.3, -0.25) is 0 Å². The number of hydrogen-bond acceptors (Lipinski definition) is 4. The molecule has 0 aromatic heterocycles. The summed E-state index contributed by atoms with van der Waals surface area (Å²) in [6, 6.07) is 6.75. The van der Waals surface area contributed by atoms with Gasteiger partial charge in [-0.15, -0.1) is 0 Å². The predicted octanol–water partition coefficient (Wildman–Crippen LogP) is 2.90. The average Bonchev–Trinajstić information content (AvgIpc) is 2.48. The molecule has 3 rings (SSSR count). The molecule has 0 fully saturated rings. The minimum atomic E-state index is -0.956. The third-order valence-corrected chi connectivity index (χ3v) is 3.09. The maximum Gasteiger partial charge on any atom is 0.163 e. The smallest absolute Gasteiger partial charge is 0.163 e. The molecule has 1 aliphatic rings. The van der Waals surface area contributed by atoms with Crippen LogP contribution in [-0.4, -0.2) is 13.2 Å². The van der Waals surface area contributed by atoms with Crippen molar-refractivity contribution < 1.29 is 23.0 Å². The lowest BCUT2D eigenvalue weighted by Gasteiger charge is -2.20. The number of benzene rings is 2. The summed E-state index contributed by atoms with van der Waals surface area (Å²) in [7, 11) is 0. The summed E-state index contributed by atoms with van der Waals surface area (Å²) >= 11 is 0. The van der Waals surface area contributed by atoms with Crippen molar-refractivity contribution in [3.63, 3.8) is 0 Å². The van der Waals surface area contributed by atoms with E-state index in [9.17, 15) is 8.78 Å². The topological polar surface area (TPSA) is 53.7 Å². The molecule has 6 heteroatoms. The number of hydrogen-bond donors (Lipinski definition) is 1. The van der Waals surface area contributed by atoms with E-state index in [1.807, 2.05) is 0 Å². The minimum Gasteiger partial charge on any atom is -0.489 e. The van der Waals surface area contributed by atoms with Gasteiger partial charge < -0.3 is 19.9 Å². The first-order valence-corrected chi connectivity index (χ1v) is 6.39. The lowest BCUT2D eigenvalue weighted by Crippen LogP contribution is -2.16. The normalized spacial score (nSPS) is 13.0. The van der Waals surface area contributed by atoms with Crippen LogP contribution in [0.4, 0.5) is 14.5 Å². The highest BCUT2D eigenvalue weighted by Gasteiger charge is 2.15. The Kier molecular flexibility index (Phi) is 3.51. The summed E-state index contributed by atoms with van der Waals surface area (Å²) in [6.07, 6.45) is 0. The second-order valence-electron chi connectivity index (χ2n) is 4.56. The largest absolute Gasteiger partial charge is 0.489 e. The first-order valence-electron chi connectivity index (χ1n) is 6.39. The van der Waals surface area contributed by atoms with Crippen LogP contribution in [0.1, 0.15) is 5.56 Å². The van der Waals surface area contributed by atoms with E-state index in [0.717, 1.165) is 12.1 Å². The molecule has 0 spiro atoms. The van der Waals surface area contributed by atoms with Gasteiger partial charge in [0.2, 0.25) is 0 Å². The molecule has 1 heterocycles. The Balaban J connectivity index is 1.77. The van der Waals surface area contributed by atoms with Crippen molar-refractivity contribution in [1.29, 1.82) is 0 Å². The van der Waals surface area contributed by atoms with Crippen molar-refractivity contribution in [1.82, 2.24) is 0 Å². The zero-order chi connectivity index (χ0) is 14.8. The third kappa shape index (κ3) is 2.84. The van der Waals surface area contributed by atoms with Crippen LogP contribution in [0.25, 0.3) is 0 Å². The van der Waals surface area contributed by atoms with Crippen molar-refractivity contribution in [2.45, 2.75) is 6.61 Å². The van der Waals surface area contributed by atoms with Crippen LogP contribution in [0.15, 0.2) is 30.3 Å². The number of nitrogens with two attached hydrogens (primary N) is 1. The van der Waals surface area contributed by atoms with Gasteiger partial charge in [-0.05, 0) is 18.2 Å². The van der Waals surface area contributed by atoms with E-state index in [-0.39, 0.29) is 12.4 Å². The van der Waals surface area contributed by atoms with E-state index in [1.54, 1.807) is 12.1 Å². The fourth-order valence-electron chi connectivity index (χ4n) is 2.00. The SMILES string of the molecule is Nc1cc2c(cc1COc1ccc(F)c(F)c1)OCCO2. The summed E-state index contributed by atoms with van der Waals surface area (Å²) < 4.78 is 42.2. The molecule has 2 N–H and O–H groups in total. The van der Waals surface area contributed by atoms with Crippen LogP contribution >= 0.6 is 0 Å². The van der Waals surface area contributed by atoms with Crippen LogP contribution in [0, 0.1) is 11.6 Å². The molecule has 1 aliphatic heterocycles. The molecular formula is C15H13F2NO3. The van der Waals surface area contributed by atoms with Gasteiger partial charge >= 0.3 is 0 Å². The summed E-state index contributed by atoms with van der Waals surface area (Å²) in [6.45, 7) is 1.07. The Morgan fingerprint density at radius 1 is 1.00 bits per heavy atom. The van der Waals surface area contributed by atoms with Crippen molar-refractivity contribution in [2.24, 2.45) is 0 Å². The first-order chi connectivity index (χ1) is 10.1. The van der Waals surface area contributed by atoms with Crippen molar-refractivity contribution in [2.75, 3.05) is 18.9 Å². The van der Waals surface area contributed by atoms with Crippen LogP contribution in [0.5, 0.6) is 17.2 Å². The molecule has 21 heavy (non-hydrogen) atoms. The third-order valence-electron chi connectivity index (χ3n) is 3.09. The Labute approximate surface area is 120 Å². The molecule has 0 unspecified atom stereocenters. The summed E-state index contributed by atoms with van der Waals surface area (Å²) in [4.78, 5) is 0. The van der Waals surface area contributed by atoms with E-state index in [4.69, 9.17) is 19.9 Å². The Bertz CT molecular complexity index is 676. The Morgan fingerprint density at radius 3 is 2.43 bits per heavy atom. The highest BCUT2D eigenvalue weighted by Crippen LogP contribution is 2.34. The molecule has 0 amide bonds. The number of ether oxygens (including phenoxy) is 3. The van der Waals surface area contributed by atoms with E-state index in [2.05, 4.69) is 0 Å². The van der Waals surface area contributed by atoms with E-state index in [1.165, 1.54) is 6.07 Å². The van der Waals surface area contributed by atoms with Crippen LogP contribution in [0.3, 0.4) is 0 Å². The van der Waals surface area contributed by atoms with Crippen molar-refractivity contribution in [3.8, 4) is 17.2 Å². The maximum atomic E-state index is 13.1. The zero-order valence-electron chi connectivity index (χ0n) is 11.1. The fraction of sp³-hybridized carbons (Fsp3) is 0.200. The van der Waals surface area contributed by atoms with Gasteiger partial charge in [-0.2, -0.15) is 0 Å².